The summed E-state index contributed by atoms with van der Waals surface area (Å²) in [5, 5.41) is 1.87. The first-order valence-corrected chi connectivity index (χ1v) is 10.8. The highest BCUT2D eigenvalue weighted by Crippen LogP contribution is 2.39. The predicted molar refractivity (Wildman–Crippen MR) is 126 cm³/mol. The molecule has 2 amide bonds. The normalized spacial score (nSPS) is 17.5. The van der Waals surface area contributed by atoms with Crippen LogP contribution in [-0.4, -0.2) is 48.6 Å². The molecule has 1 N–H and O–H groups in total. The molecule has 0 aliphatic carbocycles. The van der Waals surface area contributed by atoms with Gasteiger partial charge >= 0.3 is 11.8 Å². The van der Waals surface area contributed by atoms with Crippen molar-refractivity contribution in [3.63, 3.8) is 0 Å². The van der Waals surface area contributed by atoms with E-state index in [0.717, 1.165) is 4.90 Å². The predicted octanol–water partition coefficient (Wildman–Crippen LogP) is 4.18. The van der Waals surface area contributed by atoms with Crippen LogP contribution in [0, 0.1) is 0 Å². The van der Waals surface area contributed by atoms with Crippen molar-refractivity contribution in [2.24, 2.45) is 4.99 Å². The maximum atomic E-state index is 14.6. The number of carbonyl (C=O) groups excluding carboxylic acids is 2. The molecule has 0 saturated carbocycles. The van der Waals surface area contributed by atoms with Crippen molar-refractivity contribution in [2.45, 2.75) is 18.4 Å². The van der Waals surface area contributed by atoms with E-state index in [9.17, 15) is 22.8 Å². The van der Waals surface area contributed by atoms with E-state index in [1.54, 1.807) is 54.6 Å². The van der Waals surface area contributed by atoms with E-state index in [0.29, 0.717) is 22.6 Å². The van der Waals surface area contributed by atoms with Crippen LogP contribution < -0.4 is 14.8 Å². The molecule has 3 aromatic carbocycles. The summed E-state index contributed by atoms with van der Waals surface area (Å²) in [6.07, 6.45) is -5.22. The lowest BCUT2D eigenvalue weighted by Crippen LogP contribution is -2.63. The molecule has 7 nitrogen and oxygen atoms in total. The van der Waals surface area contributed by atoms with Gasteiger partial charge in [0.2, 0.25) is 0 Å². The number of nitrogens with one attached hydrogen (secondary N) is 1. The molecule has 1 aliphatic heterocycles. The van der Waals surface area contributed by atoms with Crippen LogP contribution in [0.2, 0.25) is 0 Å². The lowest BCUT2D eigenvalue weighted by Gasteiger charge is -2.29. The summed E-state index contributed by atoms with van der Waals surface area (Å²) >= 11 is 0. The van der Waals surface area contributed by atoms with Crippen LogP contribution in [0.1, 0.15) is 21.5 Å². The highest BCUT2D eigenvalue weighted by Gasteiger charge is 2.67. The second-order valence-electron chi connectivity index (χ2n) is 7.93. The van der Waals surface area contributed by atoms with Gasteiger partial charge in [-0.1, -0.05) is 42.5 Å². The van der Waals surface area contributed by atoms with E-state index in [1.807, 2.05) is 5.32 Å². The van der Waals surface area contributed by atoms with Gasteiger partial charge in [0.25, 0.3) is 11.8 Å². The van der Waals surface area contributed by atoms with Crippen LogP contribution >= 0.6 is 0 Å². The molecule has 0 bridgehead atoms. The first-order valence-electron chi connectivity index (χ1n) is 10.8. The fraction of sp³-hybridized carbons (Fsp3) is 0.192. The fourth-order valence-corrected chi connectivity index (χ4v) is 3.74. The number of halogens is 3. The van der Waals surface area contributed by atoms with Crippen molar-refractivity contribution in [1.29, 1.82) is 0 Å². The molecule has 1 aliphatic rings. The molecule has 0 fully saturated rings. The molecule has 0 aromatic heterocycles. The molecule has 3 aromatic rings. The zero-order valence-corrected chi connectivity index (χ0v) is 19.4. The Morgan fingerprint density at radius 1 is 0.917 bits per heavy atom. The Bertz CT molecular complexity index is 1280. The summed E-state index contributed by atoms with van der Waals surface area (Å²) in [6.45, 7) is -0.202. The fourth-order valence-electron chi connectivity index (χ4n) is 3.74. The number of aliphatic imine (C=N–C) groups is 1. The molecule has 0 radical (unpaired) electrons. The summed E-state index contributed by atoms with van der Waals surface area (Å²) in [7, 11) is 2.91. The highest BCUT2D eigenvalue weighted by molar-refractivity contribution is 6.16. The van der Waals surface area contributed by atoms with Gasteiger partial charge in [-0.2, -0.15) is 13.2 Å². The Morgan fingerprint density at radius 3 is 2.00 bits per heavy atom. The van der Waals surface area contributed by atoms with Gasteiger partial charge in [0.05, 0.1) is 20.8 Å². The van der Waals surface area contributed by atoms with Gasteiger partial charge in [-0.25, -0.2) is 4.99 Å². The highest BCUT2D eigenvalue weighted by atomic mass is 19.4. The van der Waals surface area contributed by atoms with Crippen LogP contribution in [-0.2, 0) is 11.3 Å². The second-order valence-corrected chi connectivity index (χ2v) is 7.93. The number of methoxy groups -OCH3 is 2. The Hall–Kier alpha value is -4.34. The lowest BCUT2D eigenvalue weighted by molar-refractivity contribution is -0.196. The Labute approximate surface area is 205 Å². The summed E-state index contributed by atoms with van der Waals surface area (Å²) in [4.78, 5) is 31.1. The van der Waals surface area contributed by atoms with Crippen molar-refractivity contribution in [3.8, 4) is 11.5 Å². The number of ether oxygens (including phenoxy) is 2. The molecular weight excluding hydrogens is 475 g/mol. The van der Waals surface area contributed by atoms with E-state index in [1.165, 1.54) is 38.5 Å². The maximum absolute atomic E-state index is 14.6. The van der Waals surface area contributed by atoms with Crippen molar-refractivity contribution in [3.05, 3.63) is 95.6 Å². The third kappa shape index (κ3) is 4.61. The van der Waals surface area contributed by atoms with Crippen molar-refractivity contribution in [1.82, 2.24) is 10.2 Å². The molecule has 186 valence electrons. The molecule has 0 spiro atoms. The van der Waals surface area contributed by atoms with Crippen LogP contribution in [0.4, 0.5) is 13.2 Å². The van der Waals surface area contributed by atoms with Crippen LogP contribution in [0.25, 0.3) is 0 Å². The number of amidine groups is 1. The molecule has 1 unspecified atom stereocenters. The van der Waals surface area contributed by atoms with Crippen molar-refractivity contribution >= 4 is 17.6 Å². The molecule has 1 atom stereocenters. The van der Waals surface area contributed by atoms with E-state index in [2.05, 4.69) is 4.99 Å². The van der Waals surface area contributed by atoms with Gasteiger partial charge in [0, 0.05) is 11.1 Å². The minimum atomic E-state index is -5.22. The SMILES string of the molecule is COc1ccc(CN2C(=O)C(NC(=O)c3ccc(OC)cc3)(C(F)(F)F)N=C2c2ccccc2)cc1. The standard InChI is InChI=1S/C26H22F3N3O4/c1-35-20-12-8-17(9-13-20)16-32-22(18-6-4-3-5-7-18)30-25(24(32)34,26(27,28)29)31-23(33)19-10-14-21(36-2)15-11-19/h3-15H,16H2,1-2H3,(H,31,33). The number of carbonyl (C=O) groups is 2. The summed E-state index contributed by atoms with van der Waals surface area (Å²) < 4.78 is 53.8. The molecule has 1 heterocycles. The maximum Gasteiger partial charge on any atom is 0.442 e. The molecule has 4 rings (SSSR count). The Morgan fingerprint density at radius 2 is 1.47 bits per heavy atom. The topological polar surface area (TPSA) is 80.2 Å². The van der Waals surface area contributed by atoms with Gasteiger partial charge in [-0.3, -0.25) is 14.5 Å². The number of nitrogens with zero attached hydrogens (tertiary/aromatic N) is 2. The average Bonchev–Trinajstić information content (AvgIpc) is 3.17. The van der Waals surface area contributed by atoms with Crippen LogP contribution in [0.5, 0.6) is 11.5 Å². The first-order chi connectivity index (χ1) is 17.2. The zero-order valence-electron chi connectivity index (χ0n) is 19.4. The van der Waals surface area contributed by atoms with E-state index in [4.69, 9.17) is 9.47 Å². The lowest BCUT2D eigenvalue weighted by atomic mass is 10.1. The number of alkyl halides is 3. The van der Waals surface area contributed by atoms with E-state index < -0.39 is 23.7 Å². The summed E-state index contributed by atoms with van der Waals surface area (Å²) in [5.74, 6) is -1.75. The first kappa shape index (κ1) is 24.8. The minimum absolute atomic E-state index is 0.0858. The molecule has 0 saturated heterocycles. The minimum Gasteiger partial charge on any atom is -0.497 e. The van der Waals surface area contributed by atoms with E-state index >= 15 is 0 Å². The van der Waals surface area contributed by atoms with Crippen LogP contribution in [0.15, 0.2) is 83.9 Å². The quantitative estimate of drug-likeness (QED) is 0.531. The molecule has 10 heteroatoms. The van der Waals surface area contributed by atoms with Crippen molar-refractivity contribution < 1.29 is 32.2 Å². The van der Waals surface area contributed by atoms with Crippen molar-refractivity contribution in [2.75, 3.05) is 14.2 Å². The number of hydrogen-bond acceptors (Lipinski definition) is 5. The van der Waals surface area contributed by atoms with E-state index in [-0.39, 0.29) is 17.9 Å². The number of amides is 2. The smallest absolute Gasteiger partial charge is 0.442 e. The van der Waals surface area contributed by atoms with Gasteiger partial charge in [-0.05, 0) is 42.0 Å². The van der Waals surface area contributed by atoms with Gasteiger partial charge in [0.1, 0.15) is 17.3 Å². The molecule has 36 heavy (non-hydrogen) atoms. The monoisotopic (exact) mass is 497 g/mol. The number of benzene rings is 3. The number of hydrogen-bond donors (Lipinski definition) is 1. The largest absolute Gasteiger partial charge is 0.497 e. The Kier molecular flexibility index (Phi) is 6.69. The van der Waals surface area contributed by atoms with Gasteiger partial charge < -0.3 is 14.8 Å². The third-order valence-corrected chi connectivity index (χ3v) is 5.67. The third-order valence-electron chi connectivity index (χ3n) is 5.67. The number of rotatable bonds is 7. The summed E-state index contributed by atoms with van der Waals surface area (Å²) in [5.41, 5.74) is -2.74. The zero-order chi connectivity index (χ0) is 25.9. The van der Waals surface area contributed by atoms with Crippen LogP contribution in [0.3, 0.4) is 0 Å². The molecular formula is C26H22F3N3O4. The average molecular weight is 497 g/mol. The summed E-state index contributed by atoms with van der Waals surface area (Å²) in [6, 6.07) is 20.0. The Balaban J connectivity index is 1.76. The van der Waals surface area contributed by atoms with Gasteiger partial charge in [0.15, 0.2) is 0 Å². The second kappa shape index (κ2) is 9.73. The van der Waals surface area contributed by atoms with Gasteiger partial charge in [-0.15, -0.1) is 0 Å².